The Morgan fingerprint density at radius 1 is 0.618 bits per heavy atom. The molecule has 0 aliphatic carbocycles. The van der Waals surface area contributed by atoms with Crippen LogP contribution in [0, 0.1) is 0 Å². The van der Waals surface area contributed by atoms with Crippen molar-refractivity contribution >= 4 is 24.0 Å². The van der Waals surface area contributed by atoms with Crippen LogP contribution in [0.2, 0.25) is 0 Å². The minimum atomic E-state index is -1.21. The van der Waals surface area contributed by atoms with Crippen molar-refractivity contribution in [3.8, 4) is 33.8 Å². The van der Waals surface area contributed by atoms with E-state index in [0.717, 1.165) is 28.1 Å². The first-order valence-corrected chi connectivity index (χ1v) is 17.3. The van der Waals surface area contributed by atoms with E-state index < -0.39 is 48.2 Å². The highest BCUT2D eigenvalue weighted by Crippen LogP contribution is 2.27. The van der Waals surface area contributed by atoms with Crippen molar-refractivity contribution in [3.63, 3.8) is 0 Å². The summed E-state index contributed by atoms with van der Waals surface area (Å²) in [6.07, 6.45) is 2.10. The molecule has 3 aromatic carbocycles. The summed E-state index contributed by atoms with van der Waals surface area (Å²) < 4.78 is 9.81. The number of methoxy groups -OCH3 is 1. The number of aromatic amines is 2. The quantitative estimate of drug-likeness (QED) is 0.0839. The molecule has 0 aliphatic heterocycles. The molecule has 6 rings (SSSR count). The van der Waals surface area contributed by atoms with Gasteiger partial charge in [-0.3, -0.25) is 14.6 Å². The number of hydrogen-bond acceptors (Lipinski definition) is 9. The standard InChI is InChI=1S/C40H39N9O6/c1-23(45-37(50)33(49-40(53)54-3)27-10-6-4-7-11-27)35-43-21-31(47-35)26-16-14-25(15-17-26)30-19-18-29(20-42-30)32-22-44-36(48-32)24(2)46-38(51)34(55-39(41)52)28-12-8-5-9-13-28/h4-24,33-34H,1-3H3,(H2,41,52)(H,43,47)(H,44,48)(H,45,50)(H,46,51)(H,49,53)/t23?,24?,33-,34-/m1/s1. The number of nitrogens with zero attached hydrogens (tertiary/aromatic N) is 3. The Morgan fingerprint density at radius 2 is 1.15 bits per heavy atom. The molecule has 55 heavy (non-hydrogen) atoms. The number of aromatic nitrogens is 5. The fraction of sp³-hybridized carbons (Fsp3) is 0.175. The Labute approximate surface area is 316 Å². The highest BCUT2D eigenvalue weighted by atomic mass is 16.6. The molecule has 0 bridgehead atoms. The average molecular weight is 742 g/mol. The van der Waals surface area contributed by atoms with Gasteiger partial charge in [0.05, 0.1) is 48.7 Å². The number of benzene rings is 3. The van der Waals surface area contributed by atoms with Gasteiger partial charge in [-0.25, -0.2) is 19.6 Å². The van der Waals surface area contributed by atoms with Crippen LogP contribution in [0.4, 0.5) is 9.59 Å². The predicted octanol–water partition coefficient (Wildman–Crippen LogP) is 5.82. The number of carbonyl (C=O) groups excluding carboxylic acids is 4. The number of H-pyrrole nitrogens is 2. The summed E-state index contributed by atoms with van der Waals surface area (Å²) in [4.78, 5) is 69.8. The van der Waals surface area contributed by atoms with Crippen LogP contribution in [0.25, 0.3) is 33.8 Å². The second-order valence-corrected chi connectivity index (χ2v) is 12.5. The van der Waals surface area contributed by atoms with Crippen LogP contribution in [0.3, 0.4) is 0 Å². The van der Waals surface area contributed by atoms with Gasteiger partial charge in [0.25, 0.3) is 5.91 Å². The molecule has 0 aliphatic rings. The fourth-order valence-electron chi connectivity index (χ4n) is 5.81. The van der Waals surface area contributed by atoms with E-state index in [-0.39, 0.29) is 0 Å². The van der Waals surface area contributed by atoms with E-state index in [1.165, 1.54) is 7.11 Å². The molecule has 0 saturated heterocycles. The molecule has 2 unspecified atom stereocenters. The van der Waals surface area contributed by atoms with Gasteiger partial charge in [0.15, 0.2) is 0 Å². The summed E-state index contributed by atoms with van der Waals surface area (Å²) in [5, 5.41) is 8.32. The van der Waals surface area contributed by atoms with Gasteiger partial charge in [0, 0.05) is 22.9 Å². The molecule has 0 saturated carbocycles. The normalized spacial score (nSPS) is 13.1. The molecule has 7 N–H and O–H groups in total. The number of nitrogens with one attached hydrogen (secondary N) is 5. The lowest BCUT2D eigenvalue weighted by molar-refractivity contribution is -0.130. The van der Waals surface area contributed by atoms with Crippen molar-refractivity contribution in [2.75, 3.05) is 7.11 Å². The summed E-state index contributed by atoms with van der Waals surface area (Å²) in [5.74, 6) is 0.0892. The van der Waals surface area contributed by atoms with Crippen molar-refractivity contribution in [2.45, 2.75) is 38.1 Å². The Hall–Kier alpha value is -7.29. The summed E-state index contributed by atoms with van der Waals surface area (Å²) in [7, 11) is 1.24. The molecule has 0 fully saturated rings. The number of hydrogen-bond donors (Lipinski definition) is 6. The second-order valence-electron chi connectivity index (χ2n) is 12.5. The van der Waals surface area contributed by atoms with Crippen molar-refractivity contribution in [1.29, 1.82) is 0 Å². The SMILES string of the molecule is COC(=O)N[C@@H](C(=O)NC(C)c1ncc(-c2ccc(-c3ccc(-c4cnc(C(C)NC(=O)[C@H](OC(N)=O)c5ccccc5)[nH]4)cn3)cc2)[nH]1)c1ccccc1. The molecular weight excluding hydrogens is 702 g/mol. The summed E-state index contributed by atoms with van der Waals surface area (Å²) in [5.41, 5.74) is 11.1. The van der Waals surface area contributed by atoms with Gasteiger partial charge in [0.1, 0.15) is 17.7 Å². The number of carbonyl (C=O) groups is 4. The van der Waals surface area contributed by atoms with Crippen LogP contribution in [0.1, 0.15) is 60.9 Å². The van der Waals surface area contributed by atoms with Crippen LogP contribution in [0.5, 0.6) is 0 Å². The van der Waals surface area contributed by atoms with E-state index in [4.69, 9.17) is 15.2 Å². The highest BCUT2D eigenvalue weighted by molar-refractivity contribution is 5.87. The summed E-state index contributed by atoms with van der Waals surface area (Å²) in [6.45, 7) is 3.56. The molecule has 6 aromatic rings. The first kappa shape index (κ1) is 37.5. The van der Waals surface area contributed by atoms with Crippen LogP contribution in [-0.2, 0) is 19.1 Å². The molecule has 15 heteroatoms. The van der Waals surface area contributed by atoms with E-state index in [9.17, 15) is 19.2 Å². The Morgan fingerprint density at radius 3 is 1.69 bits per heavy atom. The van der Waals surface area contributed by atoms with Gasteiger partial charge in [-0.15, -0.1) is 0 Å². The molecule has 3 heterocycles. The zero-order valence-electron chi connectivity index (χ0n) is 30.1. The number of ether oxygens (including phenoxy) is 2. The van der Waals surface area contributed by atoms with Gasteiger partial charge in [-0.2, -0.15) is 0 Å². The van der Waals surface area contributed by atoms with E-state index in [0.29, 0.717) is 28.5 Å². The van der Waals surface area contributed by atoms with Crippen LogP contribution >= 0.6 is 0 Å². The minimum absolute atomic E-state index is 0.414. The van der Waals surface area contributed by atoms with E-state index in [2.05, 4.69) is 40.9 Å². The first-order chi connectivity index (χ1) is 26.6. The van der Waals surface area contributed by atoms with Crippen molar-refractivity contribution in [2.24, 2.45) is 5.73 Å². The zero-order valence-corrected chi connectivity index (χ0v) is 30.1. The highest BCUT2D eigenvalue weighted by Gasteiger charge is 2.27. The molecule has 0 radical (unpaired) electrons. The zero-order chi connectivity index (χ0) is 38.9. The average Bonchev–Trinajstić information content (AvgIpc) is 3.91. The Balaban J connectivity index is 1.07. The number of nitrogens with two attached hydrogens (primary N) is 1. The van der Waals surface area contributed by atoms with Crippen molar-refractivity contribution < 1.29 is 28.7 Å². The van der Waals surface area contributed by atoms with Crippen LogP contribution in [0.15, 0.2) is 116 Å². The predicted molar refractivity (Wildman–Crippen MR) is 203 cm³/mol. The summed E-state index contributed by atoms with van der Waals surface area (Å²) in [6, 6.07) is 27.1. The van der Waals surface area contributed by atoms with Crippen molar-refractivity contribution in [1.82, 2.24) is 40.9 Å². The van der Waals surface area contributed by atoms with Gasteiger partial charge in [-0.1, -0.05) is 84.9 Å². The van der Waals surface area contributed by atoms with Gasteiger partial charge in [0.2, 0.25) is 12.0 Å². The number of primary amides is 1. The summed E-state index contributed by atoms with van der Waals surface area (Å²) >= 11 is 0. The maximum absolute atomic E-state index is 13.2. The van der Waals surface area contributed by atoms with E-state index >= 15 is 0 Å². The number of rotatable bonds is 13. The molecule has 280 valence electrons. The molecule has 4 amide bonds. The fourth-order valence-corrected chi connectivity index (χ4v) is 5.81. The number of alkyl carbamates (subject to hydrolysis) is 1. The van der Waals surface area contributed by atoms with Gasteiger partial charge in [-0.05, 0) is 37.1 Å². The topological polar surface area (TPSA) is 219 Å². The lowest BCUT2D eigenvalue weighted by Crippen LogP contribution is -2.41. The molecule has 4 atom stereocenters. The van der Waals surface area contributed by atoms with Gasteiger partial charge < -0.3 is 41.1 Å². The monoisotopic (exact) mass is 741 g/mol. The number of imidazole rings is 2. The Bertz CT molecular complexity index is 2240. The smallest absolute Gasteiger partial charge is 0.407 e. The molecule has 3 aromatic heterocycles. The third-order valence-electron chi connectivity index (χ3n) is 8.71. The third kappa shape index (κ3) is 9.21. The van der Waals surface area contributed by atoms with Gasteiger partial charge >= 0.3 is 12.2 Å². The Kier molecular flexibility index (Phi) is 11.6. The molecular formula is C40H39N9O6. The molecule has 15 nitrogen and oxygen atoms in total. The third-order valence-corrected chi connectivity index (χ3v) is 8.71. The lowest BCUT2D eigenvalue weighted by Gasteiger charge is -2.20. The second kappa shape index (κ2) is 17.0. The minimum Gasteiger partial charge on any atom is -0.453 e. The first-order valence-electron chi connectivity index (χ1n) is 17.3. The maximum Gasteiger partial charge on any atom is 0.407 e. The van der Waals surface area contributed by atoms with Crippen molar-refractivity contribution in [3.05, 3.63) is 138 Å². The van der Waals surface area contributed by atoms with Crippen LogP contribution < -0.4 is 21.7 Å². The van der Waals surface area contributed by atoms with E-state index in [1.807, 2.05) is 42.5 Å². The van der Waals surface area contributed by atoms with E-state index in [1.54, 1.807) is 87.0 Å². The number of amides is 4. The maximum atomic E-state index is 13.2. The molecule has 0 spiro atoms. The number of pyridine rings is 1. The van der Waals surface area contributed by atoms with Crippen LogP contribution in [-0.4, -0.2) is 56.0 Å². The largest absolute Gasteiger partial charge is 0.453 e. The lowest BCUT2D eigenvalue weighted by atomic mass is 10.1.